The Bertz CT molecular complexity index is 1800. The van der Waals surface area contributed by atoms with Gasteiger partial charge in [0.25, 0.3) is 0 Å². The number of benzene rings is 4. The lowest BCUT2D eigenvalue weighted by atomic mass is 10.0. The van der Waals surface area contributed by atoms with Crippen molar-refractivity contribution in [2.75, 3.05) is 0 Å². The SMILES string of the molecule is c1ccc(-c2ccc3c(c2)c2ncccc2n3-c2nc(-c3ccccc3)nc(-c3ccccc3)n2)cc1. The number of hydrogen-bond donors (Lipinski definition) is 0. The standard InChI is InChI=1S/C32H21N5/c1-4-11-22(12-5-1)25-18-19-27-26(21-25)29-28(17-10-20-33-29)37(27)32-35-30(23-13-6-2-7-14-23)34-31(36-32)24-15-8-3-9-16-24/h1-21H. The van der Waals surface area contributed by atoms with E-state index in [9.17, 15) is 0 Å². The molecule has 0 unspecified atom stereocenters. The maximum Gasteiger partial charge on any atom is 0.238 e. The molecule has 0 aliphatic heterocycles. The molecule has 7 rings (SSSR count). The van der Waals surface area contributed by atoms with Crippen LogP contribution >= 0.6 is 0 Å². The Morgan fingerprint density at radius 3 is 1.68 bits per heavy atom. The van der Waals surface area contributed by atoms with E-state index in [4.69, 9.17) is 19.9 Å². The largest absolute Gasteiger partial charge is 0.276 e. The van der Waals surface area contributed by atoms with Crippen LogP contribution in [0.3, 0.4) is 0 Å². The van der Waals surface area contributed by atoms with Gasteiger partial charge >= 0.3 is 0 Å². The second-order valence-corrected chi connectivity index (χ2v) is 8.82. The van der Waals surface area contributed by atoms with Crippen molar-refractivity contribution in [2.24, 2.45) is 0 Å². The summed E-state index contributed by atoms with van der Waals surface area (Å²) in [5.41, 5.74) is 7.05. The first-order valence-corrected chi connectivity index (χ1v) is 12.2. The van der Waals surface area contributed by atoms with Crippen molar-refractivity contribution in [3.63, 3.8) is 0 Å². The molecule has 3 aromatic heterocycles. The lowest BCUT2D eigenvalue weighted by Crippen LogP contribution is -2.06. The predicted octanol–water partition coefficient (Wildman–Crippen LogP) is 7.36. The Labute approximate surface area is 213 Å². The van der Waals surface area contributed by atoms with Crippen molar-refractivity contribution >= 4 is 21.9 Å². The Morgan fingerprint density at radius 1 is 0.459 bits per heavy atom. The first kappa shape index (κ1) is 21.1. The van der Waals surface area contributed by atoms with Gasteiger partial charge in [-0.15, -0.1) is 0 Å². The first-order valence-electron chi connectivity index (χ1n) is 12.2. The highest BCUT2D eigenvalue weighted by molar-refractivity contribution is 6.08. The van der Waals surface area contributed by atoms with E-state index in [0.717, 1.165) is 38.6 Å². The van der Waals surface area contributed by atoms with Crippen LogP contribution in [0.2, 0.25) is 0 Å². The third kappa shape index (κ3) is 3.74. The third-order valence-corrected chi connectivity index (χ3v) is 6.51. The van der Waals surface area contributed by atoms with Crippen LogP contribution in [0, 0.1) is 0 Å². The maximum absolute atomic E-state index is 4.97. The summed E-state index contributed by atoms with van der Waals surface area (Å²) in [6, 6.07) is 40.9. The minimum Gasteiger partial charge on any atom is -0.276 e. The van der Waals surface area contributed by atoms with Crippen LogP contribution in [0.1, 0.15) is 0 Å². The van der Waals surface area contributed by atoms with Gasteiger partial charge in [-0.1, -0.05) is 97.1 Å². The summed E-state index contributed by atoms with van der Waals surface area (Å²) in [6.07, 6.45) is 1.83. The van der Waals surface area contributed by atoms with Gasteiger partial charge in [0, 0.05) is 22.7 Å². The summed E-state index contributed by atoms with van der Waals surface area (Å²) < 4.78 is 2.09. The van der Waals surface area contributed by atoms with E-state index in [1.807, 2.05) is 79.0 Å². The highest BCUT2D eigenvalue weighted by atomic mass is 15.2. The number of rotatable bonds is 4. The molecular formula is C32H21N5. The van der Waals surface area contributed by atoms with Gasteiger partial charge in [-0.05, 0) is 35.4 Å². The second kappa shape index (κ2) is 8.81. The summed E-state index contributed by atoms with van der Waals surface area (Å²) in [7, 11) is 0. The normalized spacial score (nSPS) is 11.2. The Kier molecular flexibility index (Phi) is 5.03. The molecule has 0 saturated carbocycles. The van der Waals surface area contributed by atoms with Crippen LogP contribution in [-0.2, 0) is 0 Å². The molecule has 0 saturated heterocycles. The smallest absolute Gasteiger partial charge is 0.238 e. The van der Waals surface area contributed by atoms with Crippen molar-refractivity contribution in [3.05, 3.63) is 128 Å². The predicted molar refractivity (Wildman–Crippen MR) is 148 cm³/mol. The average molecular weight is 476 g/mol. The van der Waals surface area contributed by atoms with Gasteiger partial charge in [-0.3, -0.25) is 9.55 Å². The van der Waals surface area contributed by atoms with Gasteiger partial charge in [-0.2, -0.15) is 9.97 Å². The molecule has 0 radical (unpaired) electrons. The van der Waals surface area contributed by atoms with E-state index in [-0.39, 0.29) is 0 Å². The number of pyridine rings is 1. The molecule has 0 N–H and O–H groups in total. The number of nitrogens with zero attached hydrogens (tertiary/aromatic N) is 5. The summed E-state index contributed by atoms with van der Waals surface area (Å²) in [4.78, 5) is 19.5. The molecule has 0 amide bonds. The Balaban J connectivity index is 1.51. The molecule has 4 aromatic carbocycles. The number of fused-ring (bicyclic) bond motifs is 3. The molecule has 5 heteroatoms. The van der Waals surface area contributed by atoms with Crippen molar-refractivity contribution in [1.82, 2.24) is 24.5 Å². The van der Waals surface area contributed by atoms with Gasteiger partial charge in [0.2, 0.25) is 5.95 Å². The molecule has 0 atom stereocenters. The van der Waals surface area contributed by atoms with E-state index < -0.39 is 0 Å². The van der Waals surface area contributed by atoms with Crippen molar-refractivity contribution in [3.8, 4) is 39.9 Å². The van der Waals surface area contributed by atoms with Crippen LogP contribution in [0.15, 0.2) is 128 Å². The molecule has 174 valence electrons. The van der Waals surface area contributed by atoms with E-state index in [0.29, 0.717) is 17.6 Å². The Morgan fingerprint density at radius 2 is 1.05 bits per heavy atom. The van der Waals surface area contributed by atoms with Crippen LogP contribution in [0.5, 0.6) is 0 Å². The zero-order valence-corrected chi connectivity index (χ0v) is 19.9. The number of aromatic nitrogens is 5. The van der Waals surface area contributed by atoms with E-state index >= 15 is 0 Å². The highest BCUT2D eigenvalue weighted by Crippen LogP contribution is 2.34. The fourth-order valence-corrected chi connectivity index (χ4v) is 4.76. The minimum absolute atomic E-state index is 0.563. The van der Waals surface area contributed by atoms with E-state index in [1.54, 1.807) is 0 Å². The fourth-order valence-electron chi connectivity index (χ4n) is 4.76. The molecule has 5 nitrogen and oxygen atoms in total. The van der Waals surface area contributed by atoms with Crippen molar-refractivity contribution in [1.29, 1.82) is 0 Å². The summed E-state index contributed by atoms with van der Waals surface area (Å²) in [5.74, 6) is 1.82. The molecule has 37 heavy (non-hydrogen) atoms. The average Bonchev–Trinajstić information content (AvgIpc) is 3.32. The lowest BCUT2D eigenvalue weighted by molar-refractivity contribution is 0.953. The molecule has 0 bridgehead atoms. The van der Waals surface area contributed by atoms with Crippen LogP contribution in [0.25, 0.3) is 61.8 Å². The summed E-state index contributed by atoms with van der Waals surface area (Å²) in [6.45, 7) is 0. The molecule has 3 heterocycles. The van der Waals surface area contributed by atoms with E-state index in [2.05, 4.69) is 53.1 Å². The quantitative estimate of drug-likeness (QED) is 0.267. The minimum atomic E-state index is 0.563. The number of hydrogen-bond acceptors (Lipinski definition) is 4. The molecule has 0 spiro atoms. The zero-order chi connectivity index (χ0) is 24.6. The maximum atomic E-state index is 4.97. The van der Waals surface area contributed by atoms with Crippen molar-refractivity contribution in [2.45, 2.75) is 0 Å². The molecule has 0 aliphatic carbocycles. The van der Waals surface area contributed by atoms with Crippen LogP contribution in [0.4, 0.5) is 0 Å². The molecular weight excluding hydrogens is 454 g/mol. The van der Waals surface area contributed by atoms with Gasteiger partial charge in [-0.25, -0.2) is 4.98 Å². The topological polar surface area (TPSA) is 56.5 Å². The monoisotopic (exact) mass is 475 g/mol. The lowest BCUT2D eigenvalue weighted by Gasteiger charge is -2.11. The summed E-state index contributed by atoms with van der Waals surface area (Å²) in [5, 5.41) is 1.06. The van der Waals surface area contributed by atoms with Crippen LogP contribution in [-0.4, -0.2) is 24.5 Å². The Hall–Kier alpha value is -5.16. The fraction of sp³-hybridized carbons (Fsp3) is 0. The highest BCUT2D eigenvalue weighted by Gasteiger charge is 2.18. The molecule has 0 fully saturated rings. The summed E-state index contributed by atoms with van der Waals surface area (Å²) >= 11 is 0. The second-order valence-electron chi connectivity index (χ2n) is 8.82. The van der Waals surface area contributed by atoms with Gasteiger partial charge in [0.05, 0.1) is 16.6 Å². The van der Waals surface area contributed by atoms with Crippen LogP contribution < -0.4 is 0 Å². The van der Waals surface area contributed by atoms with Crippen molar-refractivity contribution < 1.29 is 0 Å². The zero-order valence-electron chi connectivity index (χ0n) is 19.9. The van der Waals surface area contributed by atoms with Gasteiger partial charge in [0.1, 0.15) is 0 Å². The van der Waals surface area contributed by atoms with Gasteiger partial charge in [0.15, 0.2) is 11.6 Å². The van der Waals surface area contributed by atoms with E-state index in [1.165, 1.54) is 5.56 Å². The van der Waals surface area contributed by atoms with Gasteiger partial charge < -0.3 is 0 Å². The molecule has 0 aliphatic rings. The third-order valence-electron chi connectivity index (χ3n) is 6.51. The molecule has 7 aromatic rings. The first-order chi connectivity index (χ1) is 18.3.